The van der Waals surface area contributed by atoms with Crippen LogP contribution in [-0.4, -0.2) is 76.8 Å². The summed E-state index contributed by atoms with van der Waals surface area (Å²) in [6.07, 6.45) is 0.304. The van der Waals surface area contributed by atoms with E-state index in [1.807, 2.05) is 0 Å². The first-order valence-corrected chi connectivity index (χ1v) is 7.06. The molecule has 1 aromatic rings. The summed E-state index contributed by atoms with van der Waals surface area (Å²) in [6.45, 7) is 6.68. The molecule has 0 unspecified atom stereocenters. The summed E-state index contributed by atoms with van der Waals surface area (Å²) in [5.41, 5.74) is 0. The Morgan fingerprint density at radius 2 is 2.24 bits per heavy atom. The number of hydrogen-bond donors (Lipinski definition) is 1. The molecule has 0 atom stereocenters. The number of aryl methyl sites for hydroxylation is 1. The van der Waals surface area contributed by atoms with Gasteiger partial charge in [-0.25, -0.2) is 4.98 Å². The van der Waals surface area contributed by atoms with Gasteiger partial charge in [0.1, 0.15) is 5.82 Å². The first-order valence-electron chi connectivity index (χ1n) is 7.06. The lowest BCUT2D eigenvalue weighted by atomic mass is 10.3. The molecule has 1 aromatic heterocycles. The number of H-pyrrole nitrogens is 1. The zero-order valence-electron chi connectivity index (χ0n) is 12.2. The number of aromatic nitrogens is 3. The number of amides is 1. The summed E-state index contributed by atoms with van der Waals surface area (Å²) < 4.78 is 5.30. The Kier molecular flexibility index (Phi) is 5.66. The van der Waals surface area contributed by atoms with Crippen molar-refractivity contribution in [1.29, 1.82) is 5.26 Å². The monoisotopic (exact) mass is 292 g/mol. The van der Waals surface area contributed by atoms with E-state index >= 15 is 0 Å². The highest BCUT2D eigenvalue weighted by Crippen LogP contribution is 2.03. The number of nitrogens with one attached hydrogen (secondary N) is 1. The fourth-order valence-electron chi connectivity index (χ4n) is 2.17. The van der Waals surface area contributed by atoms with Crippen LogP contribution in [0.15, 0.2) is 0 Å². The summed E-state index contributed by atoms with van der Waals surface area (Å²) in [7, 11) is 0. The molecule has 1 saturated heterocycles. The highest BCUT2D eigenvalue weighted by molar-refractivity contribution is 5.90. The third-order valence-electron chi connectivity index (χ3n) is 3.36. The summed E-state index contributed by atoms with van der Waals surface area (Å²) in [5.74, 6) is 0.530. The lowest BCUT2D eigenvalue weighted by Gasteiger charge is -2.29. The molecule has 1 fully saturated rings. The molecule has 0 saturated carbocycles. The van der Waals surface area contributed by atoms with E-state index in [0.29, 0.717) is 25.3 Å². The second-order valence-electron chi connectivity index (χ2n) is 4.90. The van der Waals surface area contributed by atoms with Crippen molar-refractivity contribution in [3.63, 3.8) is 0 Å². The standard InChI is InChI=1S/C13H20N6O2/c1-11-15-12(17-16-11)13(20)19(4-2-3-14)6-5-18-7-9-21-10-8-18/h2,4-10H2,1H3,(H,15,16,17). The van der Waals surface area contributed by atoms with Crippen LogP contribution in [0.5, 0.6) is 0 Å². The molecule has 114 valence electrons. The molecule has 1 aliphatic heterocycles. The Hall–Kier alpha value is -1.98. The average Bonchev–Trinajstić information content (AvgIpc) is 2.94. The van der Waals surface area contributed by atoms with E-state index in [0.717, 1.165) is 32.8 Å². The molecule has 1 amide bonds. The van der Waals surface area contributed by atoms with Gasteiger partial charge in [-0.05, 0) is 6.92 Å². The zero-order valence-corrected chi connectivity index (χ0v) is 12.2. The number of hydrogen-bond acceptors (Lipinski definition) is 6. The average molecular weight is 292 g/mol. The highest BCUT2D eigenvalue weighted by Gasteiger charge is 2.20. The van der Waals surface area contributed by atoms with E-state index in [9.17, 15) is 4.79 Å². The number of nitriles is 1. The Balaban J connectivity index is 1.93. The van der Waals surface area contributed by atoms with E-state index in [2.05, 4.69) is 26.2 Å². The third-order valence-corrected chi connectivity index (χ3v) is 3.36. The lowest BCUT2D eigenvalue weighted by molar-refractivity contribution is 0.0325. The van der Waals surface area contributed by atoms with Crippen LogP contribution in [0.1, 0.15) is 22.9 Å². The van der Waals surface area contributed by atoms with E-state index in [4.69, 9.17) is 10.00 Å². The van der Waals surface area contributed by atoms with Gasteiger partial charge in [-0.1, -0.05) is 0 Å². The van der Waals surface area contributed by atoms with Crippen LogP contribution in [0.4, 0.5) is 0 Å². The van der Waals surface area contributed by atoms with Crippen molar-refractivity contribution in [2.24, 2.45) is 0 Å². The second kappa shape index (κ2) is 7.71. The zero-order chi connectivity index (χ0) is 15.1. The fourth-order valence-corrected chi connectivity index (χ4v) is 2.17. The van der Waals surface area contributed by atoms with Crippen molar-refractivity contribution < 1.29 is 9.53 Å². The van der Waals surface area contributed by atoms with Crippen LogP contribution in [0.2, 0.25) is 0 Å². The van der Waals surface area contributed by atoms with Gasteiger partial charge >= 0.3 is 0 Å². The van der Waals surface area contributed by atoms with Crippen LogP contribution in [0.25, 0.3) is 0 Å². The molecule has 0 radical (unpaired) electrons. The van der Waals surface area contributed by atoms with Gasteiger partial charge in [0.2, 0.25) is 5.82 Å². The van der Waals surface area contributed by atoms with Gasteiger partial charge in [-0.15, -0.1) is 5.10 Å². The fraction of sp³-hybridized carbons (Fsp3) is 0.692. The molecular weight excluding hydrogens is 272 g/mol. The number of morpholine rings is 1. The van der Waals surface area contributed by atoms with Gasteiger partial charge in [0.25, 0.3) is 5.91 Å². The summed E-state index contributed by atoms with van der Waals surface area (Å²) in [4.78, 5) is 20.3. The van der Waals surface area contributed by atoms with Crippen LogP contribution in [0.3, 0.4) is 0 Å². The maximum Gasteiger partial charge on any atom is 0.293 e. The summed E-state index contributed by atoms with van der Waals surface area (Å²) in [5, 5.41) is 15.3. The van der Waals surface area contributed by atoms with E-state index in [-0.39, 0.29) is 11.7 Å². The smallest absolute Gasteiger partial charge is 0.293 e. The van der Waals surface area contributed by atoms with Crippen molar-refractivity contribution in [1.82, 2.24) is 25.0 Å². The molecule has 0 aliphatic carbocycles. The van der Waals surface area contributed by atoms with E-state index < -0.39 is 0 Å². The van der Waals surface area contributed by atoms with Gasteiger partial charge < -0.3 is 9.64 Å². The van der Waals surface area contributed by atoms with Crippen molar-refractivity contribution in [3.8, 4) is 6.07 Å². The molecule has 1 N–H and O–H groups in total. The third kappa shape index (κ3) is 4.51. The Labute approximate surface area is 123 Å². The van der Waals surface area contributed by atoms with E-state index in [1.165, 1.54) is 0 Å². The number of rotatable bonds is 6. The quantitative estimate of drug-likeness (QED) is 0.780. The molecular formula is C13H20N6O2. The van der Waals surface area contributed by atoms with Crippen LogP contribution in [0, 0.1) is 18.3 Å². The molecule has 2 rings (SSSR count). The van der Waals surface area contributed by atoms with Crippen LogP contribution in [-0.2, 0) is 4.74 Å². The number of nitrogens with zero attached hydrogens (tertiary/aromatic N) is 5. The maximum atomic E-state index is 12.4. The SMILES string of the molecule is Cc1nc(C(=O)N(CCC#N)CCN2CCOCC2)n[nH]1. The number of aromatic amines is 1. The maximum absolute atomic E-state index is 12.4. The summed E-state index contributed by atoms with van der Waals surface area (Å²) in [6, 6.07) is 2.07. The first-order chi connectivity index (χ1) is 10.2. The minimum absolute atomic E-state index is 0.160. The topological polar surface area (TPSA) is 98.1 Å². The predicted molar refractivity (Wildman–Crippen MR) is 74.5 cm³/mol. The van der Waals surface area contributed by atoms with Gasteiger partial charge in [-0.3, -0.25) is 14.8 Å². The van der Waals surface area contributed by atoms with Crippen LogP contribution >= 0.6 is 0 Å². The Morgan fingerprint density at radius 1 is 1.48 bits per heavy atom. The van der Waals surface area contributed by atoms with Gasteiger partial charge in [0.05, 0.1) is 25.7 Å². The molecule has 0 bridgehead atoms. The van der Waals surface area contributed by atoms with Crippen molar-refractivity contribution >= 4 is 5.91 Å². The normalized spacial score (nSPS) is 15.6. The van der Waals surface area contributed by atoms with Gasteiger partial charge in [0, 0.05) is 32.7 Å². The molecule has 2 heterocycles. The largest absolute Gasteiger partial charge is 0.379 e. The number of carbonyl (C=O) groups is 1. The Bertz CT molecular complexity index is 503. The lowest BCUT2D eigenvalue weighted by Crippen LogP contribution is -2.43. The molecule has 0 aromatic carbocycles. The highest BCUT2D eigenvalue weighted by atomic mass is 16.5. The van der Waals surface area contributed by atoms with Crippen molar-refractivity contribution in [2.75, 3.05) is 45.9 Å². The van der Waals surface area contributed by atoms with Gasteiger partial charge in [0.15, 0.2) is 0 Å². The Morgan fingerprint density at radius 3 is 2.86 bits per heavy atom. The molecule has 8 nitrogen and oxygen atoms in total. The number of carbonyl (C=O) groups excluding carboxylic acids is 1. The second-order valence-corrected chi connectivity index (χ2v) is 4.90. The van der Waals surface area contributed by atoms with Crippen LogP contribution < -0.4 is 0 Å². The minimum atomic E-state index is -0.233. The first kappa shape index (κ1) is 15.4. The number of ether oxygens (including phenoxy) is 1. The molecule has 21 heavy (non-hydrogen) atoms. The molecule has 8 heteroatoms. The van der Waals surface area contributed by atoms with Crippen molar-refractivity contribution in [3.05, 3.63) is 11.6 Å². The predicted octanol–water partition coefficient (Wildman–Crippen LogP) is -0.199. The minimum Gasteiger partial charge on any atom is -0.379 e. The van der Waals surface area contributed by atoms with E-state index in [1.54, 1.807) is 11.8 Å². The molecule has 1 aliphatic rings. The van der Waals surface area contributed by atoms with Gasteiger partial charge in [-0.2, -0.15) is 5.26 Å². The molecule has 0 spiro atoms. The van der Waals surface area contributed by atoms with Crippen molar-refractivity contribution in [2.45, 2.75) is 13.3 Å². The summed E-state index contributed by atoms with van der Waals surface area (Å²) >= 11 is 0.